The minimum absolute atomic E-state index is 0.0265. The quantitative estimate of drug-likeness (QED) is 0.725. The van der Waals surface area contributed by atoms with Crippen LogP contribution in [0.2, 0.25) is 0 Å². The molecule has 1 aromatic carbocycles. The number of carbonyl (C=O) groups is 1. The minimum Gasteiger partial charge on any atom is -0.307 e. The molecule has 0 aliphatic carbocycles. The van der Waals surface area contributed by atoms with Crippen LogP contribution in [-0.4, -0.2) is 12.5 Å². The molecule has 0 fully saturated rings. The zero-order valence-corrected chi connectivity index (χ0v) is 14.8. The van der Waals surface area contributed by atoms with Crippen molar-refractivity contribution in [3.63, 3.8) is 0 Å². The molecule has 0 radical (unpaired) electrons. The molecule has 0 saturated carbocycles. The predicted molar refractivity (Wildman–Crippen MR) is 92.5 cm³/mol. The number of thiophene rings is 1. The highest BCUT2D eigenvalue weighted by molar-refractivity contribution is 9.10. The van der Waals surface area contributed by atoms with Gasteiger partial charge in [-0.2, -0.15) is 5.26 Å². The molecule has 1 aliphatic rings. The number of anilines is 1. The average molecular weight is 375 g/mol. The van der Waals surface area contributed by atoms with E-state index in [4.69, 9.17) is 5.26 Å². The molecule has 0 atom stereocenters. The topological polar surface area (TPSA) is 44.1 Å². The highest BCUT2D eigenvalue weighted by Crippen LogP contribution is 2.41. The average Bonchev–Trinajstić information content (AvgIpc) is 2.95. The van der Waals surface area contributed by atoms with Crippen LogP contribution in [0.4, 0.5) is 5.69 Å². The fraction of sp³-hybridized carbons (Fsp3) is 0.294. The first-order chi connectivity index (χ1) is 10.4. The Kier molecular flexibility index (Phi) is 3.84. The van der Waals surface area contributed by atoms with Crippen LogP contribution < -0.4 is 4.90 Å². The maximum atomic E-state index is 12.8. The molecular weight excluding hydrogens is 360 g/mol. The van der Waals surface area contributed by atoms with E-state index in [-0.39, 0.29) is 11.3 Å². The van der Waals surface area contributed by atoms with E-state index in [2.05, 4.69) is 41.9 Å². The number of carbonyl (C=O) groups excluding carboxylic acids is 1. The number of amides is 1. The Morgan fingerprint density at radius 3 is 2.86 bits per heavy atom. The Hall–Kier alpha value is -1.64. The van der Waals surface area contributed by atoms with Crippen molar-refractivity contribution in [3.05, 3.63) is 50.1 Å². The van der Waals surface area contributed by atoms with E-state index in [1.807, 2.05) is 17.0 Å². The molecule has 0 spiro atoms. The summed E-state index contributed by atoms with van der Waals surface area (Å²) >= 11 is 4.83. The van der Waals surface area contributed by atoms with Crippen LogP contribution in [0.5, 0.6) is 0 Å². The molecule has 0 unspecified atom stereocenters. The first-order valence-corrected chi connectivity index (χ1v) is 8.70. The standard InChI is InChI=1S/C17H15BrN2OS/c1-17(2)5-6-20(14-8-12(18)3-4-13(14)17)16(21)15-7-11(9-19)10-22-15/h3-4,7-8,10H,5-6H2,1-2H3. The van der Waals surface area contributed by atoms with Gasteiger partial charge in [-0.1, -0.05) is 35.8 Å². The van der Waals surface area contributed by atoms with Crippen LogP contribution in [-0.2, 0) is 5.41 Å². The first-order valence-electron chi connectivity index (χ1n) is 7.03. The lowest BCUT2D eigenvalue weighted by molar-refractivity contribution is 0.0986. The monoisotopic (exact) mass is 374 g/mol. The summed E-state index contributed by atoms with van der Waals surface area (Å²) in [5.74, 6) is -0.0265. The fourth-order valence-corrected chi connectivity index (χ4v) is 3.93. The molecule has 3 nitrogen and oxygen atoms in total. The van der Waals surface area contributed by atoms with Gasteiger partial charge in [0.2, 0.25) is 0 Å². The van der Waals surface area contributed by atoms with Gasteiger partial charge in [0, 0.05) is 22.1 Å². The van der Waals surface area contributed by atoms with E-state index in [0.717, 1.165) is 16.6 Å². The molecule has 3 rings (SSSR count). The third-order valence-electron chi connectivity index (χ3n) is 4.12. The number of rotatable bonds is 1. The zero-order chi connectivity index (χ0) is 15.9. The Labute approximate surface area is 142 Å². The molecule has 22 heavy (non-hydrogen) atoms. The molecule has 0 bridgehead atoms. The molecule has 5 heteroatoms. The number of halogens is 1. The van der Waals surface area contributed by atoms with Crippen molar-refractivity contribution >= 4 is 38.9 Å². The van der Waals surface area contributed by atoms with Gasteiger partial charge in [-0.25, -0.2) is 0 Å². The zero-order valence-electron chi connectivity index (χ0n) is 12.4. The van der Waals surface area contributed by atoms with E-state index in [1.54, 1.807) is 11.4 Å². The van der Waals surface area contributed by atoms with E-state index < -0.39 is 0 Å². The van der Waals surface area contributed by atoms with Crippen LogP contribution in [0.3, 0.4) is 0 Å². The second-order valence-corrected chi connectivity index (χ2v) is 7.89. The summed E-state index contributed by atoms with van der Waals surface area (Å²) < 4.78 is 0.964. The Morgan fingerprint density at radius 2 is 2.18 bits per heavy atom. The smallest absolute Gasteiger partial charge is 0.268 e. The van der Waals surface area contributed by atoms with Gasteiger partial charge in [0.1, 0.15) is 6.07 Å². The molecule has 2 heterocycles. The highest BCUT2D eigenvalue weighted by atomic mass is 79.9. The maximum Gasteiger partial charge on any atom is 0.268 e. The summed E-state index contributed by atoms with van der Waals surface area (Å²) in [4.78, 5) is 15.3. The summed E-state index contributed by atoms with van der Waals surface area (Å²) in [5.41, 5.74) is 2.75. The van der Waals surface area contributed by atoms with Gasteiger partial charge >= 0.3 is 0 Å². The van der Waals surface area contributed by atoms with E-state index >= 15 is 0 Å². The second kappa shape index (κ2) is 5.53. The largest absolute Gasteiger partial charge is 0.307 e. The molecule has 1 aromatic heterocycles. The van der Waals surface area contributed by atoms with Crippen molar-refractivity contribution < 1.29 is 4.79 Å². The summed E-state index contributed by atoms with van der Waals surface area (Å²) in [6, 6.07) is 9.87. The molecule has 1 amide bonds. The number of nitrogens with zero attached hydrogens (tertiary/aromatic N) is 2. The molecule has 2 aromatic rings. The molecule has 1 aliphatic heterocycles. The third-order valence-corrected chi connectivity index (χ3v) is 5.54. The van der Waals surface area contributed by atoms with Crippen LogP contribution in [0, 0.1) is 11.3 Å². The fourth-order valence-electron chi connectivity index (χ4n) is 2.80. The SMILES string of the molecule is CC1(C)CCN(C(=O)c2cc(C#N)cs2)c2cc(Br)ccc21. The van der Waals surface area contributed by atoms with E-state index in [1.165, 1.54) is 16.9 Å². The Morgan fingerprint density at radius 1 is 1.41 bits per heavy atom. The summed E-state index contributed by atoms with van der Waals surface area (Å²) in [5, 5.41) is 10.7. The number of hydrogen-bond donors (Lipinski definition) is 0. The van der Waals surface area contributed by atoms with E-state index in [0.29, 0.717) is 17.0 Å². The first kappa shape index (κ1) is 15.3. The molecule has 112 valence electrons. The van der Waals surface area contributed by atoms with Crippen molar-refractivity contribution in [2.75, 3.05) is 11.4 Å². The normalized spacial score (nSPS) is 16.0. The maximum absolute atomic E-state index is 12.8. The van der Waals surface area contributed by atoms with Gasteiger partial charge in [0.15, 0.2) is 0 Å². The Bertz CT molecular complexity index is 788. The van der Waals surface area contributed by atoms with Crippen LogP contribution in [0.1, 0.15) is 41.1 Å². The summed E-state index contributed by atoms with van der Waals surface area (Å²) in [7, 11) is 0. The number of nitriles is 1. The lowest BCUT2D eigenvalue weighted by Gasteiger charge is -2.39. The Balaban J connectivity index is 2.04. The van der Waals surface area contributed by atoms with Crippen molar-refractivity contribution in [3.8, 4) is 6.07 Å². The van der Waals surface area contributed by atoms with Crippen molar-refractivity contribution in [1.29, 1.82) is 5.26 Å². The van der Waals surface area contributed by atoms with Gasteiger partial charge in [-0.05, 0) is 35.6 Å². The second-order valence-electron chi connectivity index (χ2n) is 6.06. The van der Waals surface area contributed by atoms with Gasteiger partial charge in [-0.15, -0.1) is 11.3 Å². The highest BCUT2D eigenvalue weighted by Gasteiger charge is 2.34. The predicted octanol–water partition coefficient (Wildman–Crippen LogP) is 4.71. The van der Waals surface area contributed by atoms with Crippen molar-refractivity contribution in [2.45, 2.75) is 25.7 Å². The van der Waals surface area contributed by atoms with Crippen LogP contribution in [0.15, 0.2) is 34.1 Å². The summed E-state index contributed by atoms with van der Waals surface area (Å²) in [6.07, 6.45) is 0.920. The number of hydrogen-bond acceptors (Lipinski definition) is 3. The van der Waals surface area contributed by atoms with E-state index in [9.17, 15) is 4.79 Å². The lowest BCUT2D eigenvalue weighted by atomic mass is 9.77. The van der Waals surface area contributed by atoms with Gasteiger partial charge < -0.3 is 4.90 Å². The molecule has 0 saturated heterocycles. The van der Waals surface area contributed by atoms with Gasteiger partial charge in [-0.3, -0.25) is 4.79 Å². The molecular formula is C17H15BrN2OS. The van der Waals surface area contributed by atoms with Gasteiger partial charge in [0.05, 0.1) is 10.4 Å². The number of benzene rings is 1. The lowest BCUT2D eigenvalue weighted by Crippen LogP contribution is -2.40. The third kappa shape index (κ3) is 2.57. The van der Waals surface area contributed by atoms with Gasteiger partial charge in [0.25, 0.3) is 5.91 Å². The molecule has 0 N–H and O–H groups in total. The van der Waals surface area contributed by atoms with Crippen molar-refractivity contribution in [2.24, 2.45) is 0 Å². The van der Waals surface area contributed by atoms with Crippen molar-refractivity contribution in [1.82, 2.24) is 0 Å². The summed E-state index contributed by atoms with van der Waals surface area (Å²) in [6.45, 7) is 5.11. The van der Waals surface area contributed by atoms with Crippen LogP contribution >= 0.6 is 27.3 Å². The minimum atomic E-state index is -0.0265. The van der Waals surface area contributed by atoms with Crippen LogP contribution in [0.25, 0.3) is 0 Å². The number of fused-ring (bicyclic) bond motifs is 1.